The van der Waals surface area contributed by atoms with Crippen molar-refractivity contribution >= 4 is 29.9 Å². The number of ether oxygens (including phenoxy) is 1. The Labute approximate surface area is 169 Å². The monoisotopic (exact) mass is 387 g/mol. The number of hydrogen-bond acceptors (Lipinski definition) is 2. The van der Waals surface area contributed by atoms with Crippen molar-refractivity contribution in [2.45, 2.75) is 31.3 Å². The van der Waals surface area contributed by atoms with Crippen LogP contribution in [-0.2, 0) is 0 Å². The molecule has 3 aromatic carbocycles. The minimum absolute atomic E-state index is 0.471. The number of benzene rings is 3. The van der Waals surface area contributed by atoms with Crippen LogP contribution in [0, 0.1) is 0 Å². The number of aliphatic imine (C=N–C) groups is 1. The van der Waals surface area contributed by atoms with Gasteiger partial charge in [-0.05, 0) is 49.9 Å². The fourth-order valence-corrected chi connectivity index (χ4v) is 6.88. The highest BCUT2D eigenvalue weighted by atomic mass is 31.1. The molecule has 1 atom stereocenters. The van der Waals surface area contributed by atoms with E-state index in [4.69, 9.17) is 9.73 Å². The zero-order chi connectivity index (χ0) is 19.2. The smallest absolute Gasteiger partial charge is 0.144 e. The summed E-state index contributed by atoms with van der Waals surface area (Å²) in [5, 5.41) is 2.87. The summed E-state index contributed by atoms with van der Waals surface area (Å²) in [5.74, 6) is 0.850. The van der Waals surface area contributed by atoms with E-state index in [0.29, 0.717) is 5.66 Å². The average Bonchev–Trinajstić information content (AvgIpc) is 2.77. The van der Waals surface area contributed by atoms with Crippen molar-refractivity contribution in [3.63, 3.8) is 0 Å². The van der Waals surface area contributed by atoms with Gasteiger partial charge in [-0.25, -0.2) is 0 Å². The van der Waals surface area contributed by atoms with Gasteiger partial charge in [-0.1, -0.05) is 79.2 Å². The largest absolute Gasteiger partial charge is 0.494 e. The first-order valence-electron chi connectivity index (χ1n) is 9.96. The van der Waals surface area contributed by atoms with E-state index in [1.807, 2.05) is 18.2 Å². The lowest BCUT2D eigenvalue weighted by molar-refractivity contribution is 0.416. The van der Waals surface area contributed by atoms with Crippen LogP contribution in [0.25, 0.3) is 0 Å². The Morgan fingerprint density at radius 1 is 0.786 bits per heavy atom. The van der Waals surface area contributed by atoms with Gasteiger partial charge in [-0.15, -0.1) is 0 Å². The standard InChI is InChI=1S/C25H26NOP/c1-27-24-18-10-8-16-22(24)26-23-17-9-11-19-25(23)28(20-12-4-2-5-13-20)21-14-6-3-7-15-21/h2-8,10,12-16,18,25H,9,11,17,19H2,1H3. The molecule has 1 aliphatic rings. The van der Waals surface area contributed by atoms with Gasteiger partial charge in [0.1, 0.15) is 11.4 Å². The van der Waals surface area contributed by atoms with Crippen LogP contribution < -0.4 is 15.3 Å². The first-order valence-corrected chi connectivity index (χ1v) is 11.4. The molecule has 2 nitrogen and oxygen atoms in total. The van der Waals surface area contributed by atoms with Crippen molar-refractivity contribution in [1.82, 2.24) is 0 Å². The van der Waals surface area contributed by atoms with Crippen LogP contribution in [-0.4, -0.2) is 18.5 Å². The Kier molecular flexibility index (Phi) is 6.19. The van der Waals surface area contributed by atoms with E-state index in [1.54, 1.807) is 7.11 Å². The summed E-state index contributed by atoms with van der Waals surface area (Å²) in [5.41, 5.74) is 2.75. The average molecular weight is 387 g/mol. The van der Waals surface area contributed by atoms with Gasteiger partial charge in [0.2, 0.25) is 0 Å². The van der Waals surface area contributed by atoms with Gasteiger partial charge in [0.15, 0.2) is 0 Å². The van der Waals surface area contributed by atoms with Crippen molar-refractivity contribution in [2.75, 3.05) is 7.11 Å². The lowest BCUT2D eigenvalue weighted by atomic mass is 9.97. The summed E-state index contributed by atoms with van der Waals surface area (Å²) >= 11 is 0. The van der Waals surface area contributed by atoms with Gasteiger partial charge in [-0.2, -0.15) is 0 Å². The lowest BCUT2D eigenvalue weighted by Gasteiger charge is -2.33. The first kappa shape index (κ1) is 18.9. The maximum absolute atomic E-state index is 5.55. The van der Waals surface area contributed by atoms with Crippen LogP contribution in [0.3, 0.4) is 0 Å². The molecule has 0 amide bonds. The molecule has 1 aliphatic carbocycles. The van der Waals surface area contributed by atoms with E-state index >= 15 is 0 Å². The summed E-state index contributed by atoms with van der Waals surface area (Å²) in [4.78, 5) is 5.15. The van der Waals surface area contributed by atoms with Crippen molar-refractivity contribution in [3.05, 3.63) is 84.9 Å². The molecular weight excluding hydrogens is 361 g/mol. The molecule has 0 saturated heterocycles. The molecule has 1 fully saturated rings. The molecule has 0 bridgehead atoms. The van der Waals surface area contributed by atoms with E-state index in [9.17, 15) is 0 Å². The summed E-state index contributed by atoms with van der Waals surface area (Å²) in [6, 6.07) is 30.1. The third-order valence-corrected chi connectivity index (χ3v) is 8.16. The minimum Gasteiger partial charge on any atom is -0.494 e. The molecule has 0 radical (unpaired) electrons. The Morgan fingerprint density at radius 3 is 2.04 bits per heavy atom. The van der Waals surface area contributed by atoms with Gasteiger partial charge in [-0.3, -0.25) is 4.99 Å². The Morgan fingerprint density at radius 2 is 1.39 bits per heavy atom. The number of methoxy groups -OCH3 is 1. The highest BCUT2D eigenvalue weighted by molar-refractivity contribution is 7.74. The van der Waals surface area contributed by atoms with E-state index in [-0.39, 0.29) is 0 Å². The topological polar surface area (TPSA) is 21.6 Å². The predicted octanol–water partition coefficient (Wildman–Crippen LogP) is 5.84. The second kappa shape index (κ2) is 9.17. The Bertz CT molecular complexity index is 884. The highest BCUT2D eigenvalue weighted by Crippen LogP contribution is 2.46. The maximum atomic E-state index is 5.55. The number of para-hydroxylation sites is 2. The minimum atomic E-state index is -0.490. The van der Waals surface area contributed by atoms with Crippen LogP contribution in [0.5, 0.6) is 5.75 Å². The van der Waals surface area contributed by atoms with E-state index in [2.05, 4.69) is 66.7 Å². The quantitative estimate of drug-likeness (QED) is 0.504. The van der Waals surface area contributed by atoms with Crippen LogP contribution >= 0.6 is 7.92 Å². The summed E-state index contributed by atoms with van der Waals surface area (Å²) < 4.78 is 5.55. The molecule has 3 aromatic rings. The van der Waals surface area contributed by atoms with Crippen LogP contribution in [0.1, 0.15) is 25.7 Å². The second-order valence-corrected chi connectivity index (χ2v) is 9.47. The zero-order valence-electron chi connectivity index (χ0n) is 16.3. The lowest BCUT2D eigenvalue weighted by Crippen LogP contribution is -2.31. The molecule has 0 aromatic heterocycles. The summed E-state index contributed by atoms with van der Waals surface area (Å²) in [6.07, 6.45) is 4.76. The fraction of sp³-hybridized carbons (Fsp3) is 0.240. The normalized spacial score (nSPS) is 18.4. The maximum Gasteiger partial charge on any atom is 0.144 e. The molecule has 1 saturated carbocycles. The molecule has 28 heavy (non-hydrogen) atoms. The van der Waals surface area contributed by atoms with Crippen LogP contribution in [0.15, 0.2) is 89.9 Å². The summed E-state index contributed by atoms with van der Waals surface area (Å²) in [6.45, 7) is 0. The molecule has 3 heteroatoms. The van der Waals surface area contributed by atoms with E-state index in [0.717, 1.165) is 17.9 Å². The van der Waals surface area contributed by atoms with Gasteiger partial charge < -0.3 is 4.74 Å². The molecule has 0 heterocycles. The number of hydrogen-bond donors (Lipinski definition) is 0. The molecule has 142 valence electrons. The van der Waals surface area contributed by atoms with Crippen LogP contribution in [0.4, 0.5) is 5.69 Å². The Balaban J connectivity index is 1.78. The van der Waals surface area contributed by atoms with Gasteiger partial charge >= 0.3 is 0 Å². The molecule has 0 aliphatic heterocycles. The van der Waals surface area contributed by atoms with E-state index in [1.165, 1.54) is 35.6 Å². The van der Waals surface area contributed by atoms with Crippen molar-refractivity contribution < 1.29 is 4.74 Å². The predicted molar refractivity (Wildman–Crippen MR) is 121 cm³/mol. The number of nitrogens with zero attached hydrogens (tertiary/aromatic N) is 1. The van der Waals surface area contributed by atoms with Gasteiger partial charge in [0.05, 0.1) is 7.11 Å². The third-order valence-electron chi connectivity index (χ3n) is 5.27. The van der Waals surface area contributed by atoms with Crippen molar-refractivity contribution in [2.24, 2.45) is 4.99 Å². The van der Waals surface area contributed by atoms with Crippen molar-refractivity contribution in [1.29, 1.82) is 0 Å². The molecular formula is C25H26NOP. The molecule has 4 rings (SSSR count). The molecule has 1 unspecified atom stereocenters. The fourth-order valence-electron chi connectivity index (χ4n) is 3.95. The Hall–Kier alpha value is -2.44. The first-order chi connectivity index (χ1) is 13.9. The van der Waals surface area contributed by atoms with Gasteiger partial charge in [0.25, 0.3) is 0 Å². The SMILES string of the molecule is COc1ccccc1N=C1CCCCC1P(c1ccccc1)c1ccccc1. The van der Waals surface area contributed by atoms with Crippen molar-refractivity contribution in [3.8, 4) is 5.75 Å². The highest BCUT2D eigenvalue weighted by Gasteiger charge is 2.31. The molecule has 0 spiro atoms. The second-order valence-electron chi connectivity index (χ2n) is 7.08. The number of rotatable bonds is 5. The van der Waals surface area contributed by atoms with E-state index < -0.39 is 7.92 Å². The van der Waals surface area contributed by atoms with Crippen LogP contribution in [0.2, 0.25) is 0 Å². The third kappa shape index (κ3) is 4.18. The zero-order valence-corrected chi connectivity index (χ0v) is 17.2. The summed E-state index contributed by atoms with van der Waals surface area (Å²) in [7, 11) is 1.23. The molecule has 0 N–H and O–H groups in total. The van der Waals surface area contributed by atoms with Gasteiger partial charge in [0, 0.05) is 11.4 Å².